The number of furan rings is 1. The maximum absolute atomic E-state index is 11.9. The fourth-order valence-corrected chi connectivity index (χ4v) is 2.88. The fraction of sp³-hybridized carbons (Fsp3) is 0.438. The molecule has 1 saturated carbocycles. The summed E-state index contributed by atoms with van der Waals surface area (Å²) < 4.78 is 5.64. The average Bonchev–Trinajstić information content (AvgIpc) is 3.02. The normalized spacial score (nSPS) is 17.4. The summed E-state index contributed by atoms with van der Waals surface area (Å²) in [6.07, 6.45) is 3.66. The second-order valence-corrected chi connectivity index (χ2v) is 5.64. The van der Waals surface area contributed by atoms with Crippen LogP contribution in [0.2, 0.25) is 0 Å². The van der Waals surface area contributed by atoms with Crippen LogP contribution >= 0.6 is 0 Å². The van der Waals surface area contributed by atoms with Gasteiger partial charge in [-0.25, -0.2) is 0 Å². The summed E-state index contributed by atoms with van der Waals surface area (Å²) in [5.41, 5.74) is 0.0315. The number of carbonyl (C=O) groups excluding carboxylic acids is 1. The maximum Gasteiger partial charge on any atom is 0.223 e. The van der Waals surface area contributed by atoms with Gasteiger partial charge in [-0.3, -0.25) is 4.79 Å². The first kappa shape index (κ1) is 13.2. The molecule has 0 atom stereocenters. The van der Waals surface area contributed by atoms with Crippen LogP contribution in [0.15, 0.2) is 34.7 Å². The van der Waals surface area contributed by atoms with Gasteiger partial charge in [0.2, 0.25) is 5.91 Å². The summed E-state index contributed by atoms with van der Waals surface area (Å²) in [6, 6.07) is 9.69. The Hall–Kier alpha value is -1.81. The molecule has 0 saturated heterocycles. The molecule has 1 aliphatic carbocycles. The maximum atomic E-state index is 11.9. The van der Waals surface area contributed by atoms with Crippen molar-refractivity contribution < 1.29 is 14.3 Å². The van der Waals surface area contributed by atoms with E-state index in [0.717, 1.165) is 42.4 Å². The Kier molecular flexibility index (Phi) is 3.49. The highest BCUT2D eigenvalue weighted by Gasteiger charge is 2.33. The lowest BCUT2D eigenvalue weighted by molar-refractivity contribution is -0.126. The van der Waals surface area contributed by atoms with Crippen molar-refractivity contribution in [2.24, 2.45) is 0 Å². The van der Waals surface area contributed by atoms with Crippen LogP contribution < -0.4 is 5.32 Å². The molecule has 1 heterocycles. The molecule has 2 N–H and O–H groups in total. The fourth-order valence-electron chi connectivity index (χ4n) is 2.88. The Morgan fingerprint density at radius 1 is 1.30 bits per heavy atom. The van der Waals surface area contributed by atoms with Crippen LogP contribution in [-0.2, 0) is 11.3 Å². The molecular weight excluding hydrogens is 254 g/mol. The third-order valence-corrected chi connectivity index (χ3v) is 3.96. The number of hydrogen-bond donors (Lipinski definition) is 2. The molecule has 1 aromatic heterocycles. The zero-order chi connectivity index (χ0) is 14.0. The topological polar surface area (TPSA) is 62.5 Å². The Morgan fingerprint density at radius 3 is 2.80 bits per heavy atom. The van der Waals surface area contributed by atoms with Crippen molar-refractivity contribution >= 4 is 16.9 Å². The monoisotopic (exact) mass is 273 g/mol. The first-order valence-corrected chi connectivity index (χ1v) is 7.11. The lowest BCUT2D eigenvalue weighted by atomic mass is 9.98. The van der Waals surface area contributed by atoms with Crippen molar-refractivity contribution in [1.82, 2.24) is 5.32 Å². The van der Waals surface area contributed by atoms with Crippen LogP contribution in [0.1, 0.15) is 37.9 Å². The second kappa shape index (κ2) is 5.29. The molecular formula is C16H19NO3. The summed E-state index contributed by atoms with van der Waals surface area (Å²) in [6.45, 7) is 0.365. The third kappa shape index (κ3) is 2.85. The molecule has 2 aromatic rings. The van der Waals surface area contributed by atoms with E-state index in [9.17, 15) is 9.90 Å². The van der Waals surface area contributed by atoms with Gasteiger partial charge < -0.3 is 14.8 Å². The standard InChI is InChI=1S/C16H19NO3/c18-15(10-16(19)7-3-4-8-16)17-11-13-9-12-5-1-2-6-14(12)20-13/h1-2,5-6,9,19H,3-4,7-8,10-11H2,(H,17,18). The molecule has 0 radical (unpaired) electrons. The highest BCUT2D eigenvalue weighted by atomic mass is 16.3. The van der Waals surface area contributed by atoms with Crippen molar-refractivity contribution in [2.45, 2.75) is 44.2 Å². The van der Waals surface area contributed by atoms with Crippen LogP contribution in [0.5, 0.6) is 0 Å². The SMILES string of the molecule is O=C(CC1(O)CCCC1)NCc1cc2ccccc2o1. The second-order valence-electron chi connectivity index (χ2n) is 5.64. The highest BCUT2D eigenvalue weighted by molar-refractivity contribution is 5.79. The van der Waals surface area contributed by atoms with Gasteiger partial charge in [0.05, 0.1) is 18.6 Å². The smallest absolute Gasteiger partial charge is 0.223 e. The van der Waals surface area contributed by atoms with Gasteiger partial charge in [0.25, 0.3) is 0 Å². The van der Waals surface area contributed by atoms with E-state index in [4.69, 9.17) is 4.42 Å². The molecule has 1 aromatic carbocycles. The minimum Gasteiger partial charge on any atom is -0.459 e. The number of para-hydroxylation sites is 1. The van der Waals surface area contributed by atoms with E-state index in [-0.39, 0.29) is 12.3 Å². The molecule has 1 fully saturated rings. The van der Waals surface area contributed by atoms with Gasteiger partial charge in [-0.2, -0.15) is 0 Å². The van der Waals surface area contributed by atoms with Gasteiger partial charge in [0.1, 0.15) is 11.3 Å². The van der Waals surface area contributed by atoms with Crippen molar-refractivity contribution in [2.75, 3.05) is 0 Å². The van der Waals surface area contributed by atoms with E-state index in [1.54, 1.807) is 0 Å². The summed E-state index contributed by atoms with van der Waals surface area (Å²) >= 11 is 0. The number of nitrogens with one attached hydrogen (secondary N) is 1. The minimum atomic E-state index is -0.794. The zero-order valence-corrected chi connectivity index (χ0v) is 11.4. The van der Waals surface area contributed by atoms with Crippen LogP contribution in [-0.4, -0.2) is 16.6 Å². The largest absolute Gasteiger partial charge is 0.459 e. The molecule has 1 amide bonds. The summed E-state index contributed by atoms with van der Waals surface area (Å²) in [5, 5.41) is 14.0. The van der Waals surface area contributed by atoms with Gasteiger partial charge in [0, 0.05) is 5.39 Å². The van der Waals surface area contributed by atoms with Crippen molar-refractivity contribution in [3.63, 3.8) is 0 Å². The zero-order valence-electron chi connectivity index (χ0n) is 11.4. The first-order chi connectivity index (χ1) is 9.65. The molecule has 0 bridgehead atoms. The quantitative estimate of drug-likeness (QED) is 0.900. The number of fused-ring (bicyclic) bond motifs is 1. The van der Waals surface area contributed by atoms with E-state index in [0.29, 0.717) is 6.54 Å². The van der Waals surface area contributed by atoms with Crippen LogP contribution in [0.25, 0.3) is 11.0 Å². The Labute approximate surface area is 117 Å². The van der Waals surface area contributed by atoms with Gasteiger partial charge in [0.15, 0.2) is 0 Å². The molecule has 3 rings (SSSR count). The Balaban J connectivity index is 1.57. The average molecular weight is 273 g/mol. The molecule has 0 spiro atoms. The van der Waals surface area contributed by atoms with E-state index >= 15 is 0 Å². The lowest BCUT2D eigenvalue weighted by Crippen LogP contribution is -2.34. The van der Waals surface area contributed by atoms with Crippen molar-refractivity contribution in [3.8, 4) is 0 Å². The number of aliphatic hydroxyl groups is 1. The van der Waals surface area contributed by atoms with Gasteiger partial charge in [-0.05, 0) is 25.0 Å². The molecule has 106 valence electrons. The number of hydrogen-bond acceptors (Lipinski definition) is 3. The van der Waals surface area contributed by atoms with E-state index in [2.05, 4.69) is 5.32 Å². The first-order valence-electron chi connectivity index (χ1n) is 7.11. The van der Waals surface area contributed by atoms with Gasteiger partial charge in [-0.1, -0.05) is 31.0 Å². The molecule has 0 unspecified atom stereocenters. The summed E-state index contributed by atoms with van der Waals surface area (Å²) in [7, 11) is 0. The van der Waals surface area contributed by atoms with Crippen molar-refractivity contribution in [3.05, 3.63) is 36.1 Å². The van der Waals surface area contributed by atoms with Crippen molar-refractivity contribution in [1.29, 1.82) is 0 Å². The number of amides is 1. The third-order valence-electron chi connectivity index (χ3n) is 3.96. The Bertz CT molecular complexity index is 578. The van der Waals surface area contributed by atoms with Crippen LogP contribution in [0, 0.1) is 0 Å². The van der Waals surface area contributed by atoms with E-state index in [1.165, 1.54) is 0 Å². The summed E-state index contributed by atoms with van der Waals surface area (Å²) in [5.74, 6) is 0.618. The predicted molar refractivity (Wildman–Crippen MR) is 76.1 cm³/mol. The molecule has 4 heteroatoms. The lowest BCUT2D eigenvalue weighted by Gasteiger charge is -2.20. The number of benzene rings is 1. The summed E-state index contributed by atoms with van der Waals surface area (Å²) in [4.78, 5) is 11.9. The van der Waals surface area contributed by atoms with Crippen LogP contribution in [0.4, 0.5) is 0 Å². The predicted octanol–water partition coefficient (Wildman–Crippen LogP) is 2.74. The van der Waals surface area contributed by atoms with Gasteiger partial charge >= 0.3 is 0 Å². The highest BCUT2D eigenvalue weighted by Crippen LogP contribution is 2.32. The van der Waals surface area contributed by atoms with E-state index in [1.807, 2.05) is 30.3 Å². The van der Waals surface area contributed by atoms with Crippen LogP contribution in [0.3, 0.4) is 0 Å². The number of carbonyl (C=O) groups is 1. The van der Waals surface area contributed by atoms with Gasteiger partial charge in [-0.15, -0.1) is 0 Å². The van der Waals surface area contributed by atoms with E-state index < -0.39 is 5.60 Å². The number of rotatable bonds is 4. The molecule has 4 nitrogen and oxygen atoms in total. The molecule has 20 heavy (non-hydrogen) atoms. The molecule has 0 aliphatic heterocycles. The Morgan fingerprint density at radius 2 is 2.05 bits per heavy atom. The molecule has 1 aliphatic rings. The minimum absolute atomic E-state index is 0.116.